The number of carbonyl (C=O) groups is 2. The zero-order valence-corrected chi connectivity index (χ0v) is 8.33. The Morgan fingerprint density at radius 2 is 1.19 bits per heavy atom. The third-order valence-corrected chi connectivity index (χ3v) is 1.31. The van der Waals surface area contributed by atoms with Crippen LogP contribution in [0.2, 0.25) is 0 Å². The van der Waals surface area contributed by atoms with Gasteiger partial charge in [0.1, 0.15) is 13.2 Å². The van der Waals surface area contributed by atoms with Crippen LogP contribution < -0.4 is 0 Å². The summed E-state index contributed by atoms with van der Waals surface area (Å²) in [4.78, 5) is 21.6. The summed E-state index contributed by atoms with van der Waals surface area (Å²) < 4.78 is 8.52. The number of rotatable bonds is 7. The van der Waals surface area contributed by atoms with Crippen molar-refractivity contribution in [2.75, 3.05) is 13.2 Å². The maximum atomic E-state index is 10.8. The normalized spacial score (nSPS) is 10.6. The first-order valence-electron chi connectivity index (χ1n) is 4.41. The van der Waals surface area contributed by atoms with Gasteiger partial charge in [0.05, 0.1) is 12.8 Å². The van der Waals surface area contributed by atoms with Crippen molar-refractivity contribution in [3.05, 3.63) is 0 Å². The first kappa shape index (κ1) is 14.8. The van der Waals surface area contributed by atoms with Crippen molar-refractivity contribution >= 4 is 11.9 Å². The van der Waals surface area contributed by atoms with Gasteiger partial charge in [-0.1, -0.05) is 0 Å². The summed E-state index contributed by atoms with van der Waals surface area (Å²) in [5.74, 6) is -1.68. The van der Waals surface area contributed by atoms with Crippen molar-refractivity contribution in [2.24, 2.45) is 0 Å². The number of hydrogen-bond acceptors (Lipinski definition) is 6. The monoisotopic (exact) mass is 236 g/mol. The zero-order valence-electron chi connectivity index (χ0n) is 8.33. The molecule has 0 rings (SSSR count). The van der Waals surface area contributed by atoms with Gasteiger partial charge >= 0.3 is 11.9 Å². The minimum Gasteiger partial charge on any atom is -0.460 e. The van der Waals surface area contributed by atoms with Crippen LogP contribution in [0.4, 0.5) is 0 Å². The van der Waals surface area contributed by atoms with E-state index >= 15 is 0 Å². The third-order valence-electron chi connectivity index (χ3n) is 1.31. The largest absolute Gasteiger partial charge is 0.460 e. The van der Waals surface area contributed by atoms with Crippen LogP contribution in [0.1, 0.15) is 12.8 Å². The molecule has 0 saturated carbocycles. The van der Waals surface area contributed by atoms with E-state index in [4.69, 9.17) is 10.2 Å². The first-order chi connectivity index (χ1) is 7.41. The van der Waals surface area contributed by atoms with Gasteiger partial charge in [-0.2, -0.15) is 10.2 Å². The molecule has 0 aromatic rings. The molecule has 0 spiro atoms. The van der Waals surface area contributed by atoms with E-state index in [0.717, 1.165) is 0 Å². The molecule has 0 aliphatic rings. The maximum Gasteiger partial charge on any atom is 0.306 e. The predicted octanol–water partition coefficient (Wildman–Crippen LogP) is -1.65. The molecular formula is C8H12O8. The van der Waals surface area contributed by atoms with Crippen LogP contribution >= 0.6 is 0 Å². The fourth-order valence-electron chi connectivity index (χ4n) is 0.677. The molecule has 16 heavy (non-hydrogen) atoms. The van der Waals surface area contributed by atoms with Gasteiger partial charge in [-0.3, -0.25) is 9.59 Å². The topological polar surface area (TPSA) is 133 Å². The molecule has 8 nitrogen and oxygen atoms in total. The molecule has 0 aromatic carbocycles. The second-order valence-electron chi connectivity index (χ2n) is 2.78. The quantitative estimate of drug-likeness (QED) is 0.402. The van der Waals surface area contributed by atoms with Crippen LogP contribution in [0.3, 0.4) is 0 Å². The molecule has 0 aliphatic carbocycles. The number of aliphatic hydroxyl groups is 2. The molecule has 0 aliphatic heterocycles. The highest BCUT2D eigenvalue weighted by Gasteiger charge is 2.12. The Morgan fingerprint density at radius 1 is 0.875 bits per heavy atom. The highest BCUT2D eigenvalue weighted by Crippen LogP contribution is 1.97. The lowest BCUT2D eigenvalue weighted by atomic mass is 10.3. The van der Waals surface area contributed by atoms with Crippen molar-refractivity contribution in [2.45, 2.75) is 25.4 Å². The molecular weight excluding hydrogens is 224 g/mol. The molecule has 0 aromatic heterocycles. The van der Waals surface area contributed by atoms with E-state index in [0.29, 0.717) is 0 Å². The fraction of sp³-hybridized carbons (Fsp3) is 0.750. The van der Waals surface area contributed by atoms with E-state index in [1.54, 1.807) is 0 Å². The van der Waals surface area contributed by atoms with Crippen LogP contribution in [-0.4, -0.2) is 47.9 Å². The first-order valence-corrected chi connectivity index (χ1v) is 4.41. The number of aliphatic hydroxyl groups excluding tert-OH is 2. The van der Waals surface area contributed by atoms with E-state index in [2.05, 4.69) is 9.47 Å². The minimum atomic E-state index is -2.01. The second-order valence-corrected chi connectivity index (χ2v) is 2.78. The number of ether oxygens (including phenoxy) is 2. The summed E-state index contributed by atoms with van der Waals surface area (Å²) in [5, 5.41) is 36.6. The highest BCUT2D eigenvalue weighted by atomic mass is 16.6. The lowest BCUT2D eigenvalue weighted by molar-refractivity contribution is -0.170. The van der Waals surface area contributed by atoms with Crippen molar-refractivity contribution < 1.29 is 39.5 Å². The standard InChI is InChI=1S/C8H12O8/c9-5(10)3-15-7(13)1-2-8(14)16-4-6(11)12/h5-6,9,11H,1-4H2. The smallest absolute Gasteiger partial charge is 0.306 e. The Hall–Kier alpha value is -1.22. The molecule has 0 saturated heterocycles. The van der Waals surface area contributed by atoms with Crippen LogP contribution in [0.5, 0.6) is 0 Å². The molecule has 2 N–H and O–H groups in total. The van der Waals surface area contributed by atoms with Gasteiger partial charge in [0, 0.05) is 0 Å². The van der Waals surface area contributed by atoms with E-state index in [1.807, 2.05) is 0 Å². The molecule has 8 heteroatoms. The summed E-state index contributed by atoms with van der Waals surface area (Å²) in [6, 6.07) is 0. The Labute approximate surface area is 91.0 Å². The Kier molecular flexibility index (Phi) is 7.38. The van der Waals surface area contributed by atoms with Gasteiger partial charge in [-0.25, -0.2) is 0 Å². The van der Waals surface area contributed by atoms with Gasteiger partial charge in [0.25, 0.3) is 0 Å². The van der Waals surface area contributed by atoms with Gasteiger partial charge < -0.3 is 19.7 Å². The lowest BCUT2D eigenvalue weighted by Gasteiger charge is -2.05. The summed E-state index contributed by atoms with van der Waals surface area (Å²) >= 11 is 0. The molecule has 2 atom stereocenters. The molecule has 0 bridgehead atoms. The van der Waals surface area contributed by atoms with Crippen molar-refractivity contribution in [3.63, 3.8) is 0 Å². The molecule has 0 heterocycles. The van der Waals surface area contributed by atoms with Crippen LogP contribution in [0.25, 0.3) is 0 Å². The van der Waals surface area contributed by atoms with Gasteiger partial charge in [0.15, 0.2) is 0 Å². The lowest BCUT2D eigenvalue weighted by Crippen LogP contribution is -2.19. The molecule has 0 fully saturated rings. The number of esters is 2. The van der Waals surface area contributed by atoms with E-state index in [-0.39, 0.29) is 12.8 Å². The molecule has 92 valence electrons. The molecule has 0 amide bonds. The predicted molar refractivity (Wildman–Crippen MR) is 44.5 cm³/mol. The minimum absolute atomic E-state index is 0.333. The van der Waals surface area contributed by atoms with Crippen LogP contribution in [0.15, 0.2) is 0 Å². The van der Waals surface area contributed by atoms with Crippen molar-refractivity contribution in [3.8, 4) is 0 Å². The van der Waals surface area contributed by atoms with E-state index in [1.165, 1.54) is 0 Å². The molecule has 2 radical (unpaired) electrons. The Balaban J connectivity index is 3.55. The summed E-state index contributed by atoms with van der Waals surface area (Å²) in [5.41, 5.74) is 0. The average molecular weight is 236 g/mol. The van der Waals surface area contributed by atoms with E-state index in [9.17, 15) is 19.8 Å². The second kappa shape index (κ2) is 7.99. The SMILES string of the molecule is [O]C(O)COC(=O)CCC(=O)OCC([O])O. The fourth-order valence-corrected chi connectivity index (χ4v) is 0.677. The Morgan fingerprint density at radius 3 is 1.44 bits per heavy atom. The molecule has 2 unspecified atom stereocenters. The highest BCUT2D eigenvalue weighted by molar-refractivity contribution is 5.77. The Bertz CT molecular complexity index is 200. The maximum absolute atomic E-state index is 10.8. The number of carbonyl (C=O) groups excluding carboxylic acids is 2. The summed E-state index contributed by atoms with van der Waals surface area (Å²) in [6.45, 7) is -1.37. The third kappa shape index (κ3) is 9.34. The number of hydrogen-bond donors (Lipinski definition) is 2. The zero-order chi connectivity index (χ0) is 12.6. The van der Waals surface area contributed by atoms with Gasteiger partial charge in [0.2, 0.25) is 12.6 Å². The summed E-state index contributed by atoms with van der Waals surface area (Å²) in [6.07, 6.45) is -4.68. The van der Waals surface area contributed by atoms with Gasteiger partial charge in [-0.05, 0) is 0 Å². The average Bonchev–Trinajstić information content (AvgIpc) is 2.20. The van der Waals surface area contributed by atoms with Crippen molar-refractivity contribution in [1.82, 2.24) is 0 Å². The van der Waals surface area contributed by atoms with E-state index < -0.39 is 37.7 Å². The van der Waals surface area contributed by atoms with Crippen molar-refractivity contribution in [1.29, 1.82) is 0 Å². The van der Waals surface area contributed by atoms with Crippen LogP contribution in [0, 0.1) is 0 Å². The summed E-state index contributed by atoms with van der Waals surface area (Å²) in [7, 11) is 0. The van der Waals surface area contributed by atoms with Crippen LogP contribution in [-0.2, 0) is 29.3 Å². The van der Waals surface area contributed by atoms with Gasteiger partial charge in [-0.15, -0.1) is 0 Å².